The summed E-state index contributed by atoms with van der Waals surface area (Å²) in [6.45, 7) is 0.281. The minimum atomic E-state index is -0.434. The lowest BCUT2D eigenvalue weighted by Crippen LogP contribution is -2.27. The van der Waals surface area contributed by atoms with Gasteiger partial charge < -0.3 is 10.0 Å². The van der Waals surface area contributed by atoms with Crippen LogP contribution < -0.4 is 4.90 Å². The van der Waals surface area contributed by atoms with E-state index in [0.29, 0.717) is 30.3 Å². The molecule has 1 aliphatic rings. The van der Waals surface area contributed by atoms with Crippen LogP contribution in [0.15, 0.2) is 18.2 Å². The summed E-state index contributed by atoms with van der Waals surface area (Å²) in [7, 11) is 0. The highest BCUT2D eigenvalue weighted by atomic mass is 16.6. The highest BCUT2D eigenvalue weighted by molar-refractivity contribution is 5.65. The van der Waals surface area contributed by atoms with E-state index in [-0.39, 0.29) is 12.3 Å². The van der Waals surface area contributed by atoms with Crippen LogP contribution in [0, 0.1) is 21.4 Å². The number of benzene rings is 1. The Labute approximate surface area is 111 Å². The summed E-state index contributed by atoms with van der Waals surface area (Å²) in [5.74, 6) is 0. The van der Waals surface area contributed by atoms with Crippen LogP contribution in [0.1, 0.15) is 24.8 Å². The minimum Gasteiger partial charge on any atom is -0.392 e. The second-order valence-electron chi connectivity index (χ2n) is 4.57. The van der Waals surface area contributed by atoms with Crippen LogP contribution in [0.25, 0.3) is 0 Å². The number of nitriles is 1. The van der Waals surface area contributed by atoms with Gasteiger partial charge in [-0.25, -0.2) is 0 Å². The Kier molecular flexibility index (Phi) is 3.97. The van der Waals surface area contributed by atoms with Crippen molar-refractivity contribution in [1.82, 2.24) is 0 Å². The summed E-state index contributed by atoms with van der Waals surface area (Å²) < 4.78 is 0. The fourth-order valence-electron chi connectivity index (χ4n) is 2.11. The molecule has 0 bridgehead atoms. The molecule has 1 saturated carbocycles. The molecule has 0 aliphatic heterocycles. The van der Waals surface area contributed by atoms with Crippen LogP contribution in [-0.4, -0.2) is 22.6 Å². The second-order valence-corrected chi connectivity index (χ2v) is 4.57. The van der Waals surface area contributed by atoms with Crippen molar-refractivity contribution in [1.29, 1.82) is 5.26 Å². The third-order valence-electron chi connectivity index (χ3n) is 3.18. The average molecular weight is 261 g/mol. The molecule has 1 aromatic rings. The normalized spacial score (nSPS) is 13.9. The summed E-state index contributed by atoms with van der Waals surface area (Å²) in [5.41, 5.74) is 1.06. The number of anilines is 1. The van der Waals surface area contributed by atoms with Crippen molar-refractivity contribution in [2.24, 2.45) is 0 Å². The number of hydrogen-bond acceptors (Lipinski definition) is 5. The van der Waals surface area contributed by atoms with Gasteiger partial charge in [0.05, 0.1) is 24.0 Å². The molecule has 0 atom stereocenters. The summed E-state index contributed by atoms with van der Waals surface area (Å²) in [4.78, 5) is 12.6. The Hall–Kier alpha value is -2.13. The van der Waals surface area contributed by atoms with E-state index in [9.17, 15) is 10.1 Å². The van der Waals surface area contributed by atoms with Gasteiger partial charge in [0.15, 0.2) is 0 Å². The first-order chi connectivity index (χ1) is 9.17. The van der Waals surface area contributed by atoms with E-state index in [2.05, 4.69) is 6.07 Å². The molecule has 2 rings (SSSR count). The summed E-state index contributed by atoms with van der Waals surface area (Å²) in [5, 5.41) is 28.9. The molecular weight excluding hydrogens is 246 g/mol. The lowest BCUT2D eigenvalue weighted by molar-refractivity contribution is -0.384. The van der Waals surface area contributed by atoms with E-state index in [0.717, 1.165) is 12.8 Å². The molecule has 1 fully saturated rings. The number of nitro groups is 1. The maximum atomic E-state index is 11.1. The zero-order valence-corrected chi connectivity index (χ0v) is 10.5. The topological polar surface area (TPSA) is 90.4 Å². The molecule has 0 unspecified atom stereocenters. The molecule has 6 heteroatoms. The fourth-order valence-corrected chi connectivity index (χ4v) is 2.11. The van der Waals surface area contributed by atoms with Gasteiger partial charge in [-0.3, -0.25) is 10.1 Å². The Balaban J connectivity index is 2.35. The highest BCUT2D eigenvalue weighted by Crippen LogP contribution is 2.37. The lowest BCUT2D eigenvalue weighted by Gasteiger charge is -2.23. The molecule has 0 radical (unpaired) electrons. The largest absolute Gasteiger partial charge is 0.392 e. The number of nitro benzene ring substituents is 1. The number of rotatable bonds is 6. The predicted octanol–water partition coefficient (Wildman–Crippen LogP) is 1.97. The van der Waals surface area contributed by atoms with Crippen molar-refractivity contribution in [3.8, 4) is 6.07 Å². The van der Waals surface area contributed by atoms with Gasteiger partial charge in [-0.15, -0.1) is 0 Å². The van der Waals surface area contributed by atoms with E-state index >= 15 is 0 Å². The molecule has 1 aliphatic carbocycles. The maximum absolute atomic E-state index is 11.1. The first kappa shape index (κ1) is 13.3. The van der Waals surface area contributed by atoms with Crippen LogP contribution >= 0.6 is 0 Å². The molecule has 0 spiro atoms. The van der Waals surface area contributed by atoms with Gasteiger partial charge >= 0.3 is 0 Å². The van der Waals surface area contributed by atoms with Crippen LogP contribution in [-0.2, 0) is 6.61 Å². The first-order valence-electron chi connectivity index (χ1n) is 6.19. The van der Waals surface area contributed by atoms with Gasteiger partial charge in [-0.05, 0) is 24.5 Å². The van der Waals surface area contributed by atoms with Crippen LogP contribution in [0.2, 0.25) is 0 Å². The summed E-state index contributed by atoms with van der Waals surface area (Å²) in [6.07, 6.45) is 2.35. The summed E-state index contributed by atoms with van der Waals surface area (Å²) >= 11 is 0. The summed E-state index contributed by atoms with van der Waals surface area (Å²) in [6, 6.07) is 7.12. The highest BCUT2D eigenvalue weighted by Gasteiger charge is 2.32. The number of aliphatic hydroxyl groups is 1. The monoisotopic (exact) mass is 261 g/mol. The third kappa shape index (κ3) is 3.01. The number of hydrogen-bond donors (Lipinski definition) is 1. The second kappa shape index (κ2) is 5.67. The Morgan fingerprint density at radius 2 is 2.26 bits per heavy atom. The number of aliphatic hydroxyl groups excluding tert-OH is 1. The Bertz CT molecular complexity index is 520. The van der Waals surface area contributed by atoms with Crippen molar-refractivity contribution in [3.63, 3.8) is 0 Å². The fraction of sp³-hybridized carbons (Fsp3) is 0.462. The van der Waals surface area contributed by atoms with Gasteiger partial charge in [0.1, 0.15) is 5.69 Å². The smallest absolute Gasteiger partial charge is 0.292 e. The molecular formula is C13H15N3O3. The van der Waals surface area contributed by atoms with Gasteiger partial charge in [0.2, 0.25) is 0 Å². The lowest BCUT2D eigenvalue weighted by atomic mass is 10.1. The molecule has 1 N–H and O–H groups in total. The van der Waals surface area contributed by atoms with E-state index < -0.39 is 4.92 Å². The standard InChI is InChI=1S/C13H15N3O3/c14-6-1-7-15(11-3-4-11)12-5-2-10(9-17)8-13(12)16(18)19/h2,5,8,11,17H,1,3-4,7,9H2. The van der Waals surface area contributed by atoms with Crippen molar-refractivity contribution in [3.05, 3.63) is 33.9 Å². The third-order valence-corrected chi connectivity index (χ3v) is 3.18. The molecule has 0 heterocycles. The quantitative estimate of drug-likeness (QED) is 0.624. The molecule has 6 nitrogen and oxygen atoms in total. The molecule has 1 aromatic carbocycles. The van der Waals surface area contributed by atoms with Crippen molar-refractivity contribution < 1.29 is 10.0 Å². The zero-order valence-electron chi connectivity index (χ0n) is 10.5. The molecule has 19 heavy (non-hydrogen) atoms. The van der Waals surface area contributed by atoms with Crippen molar-refractivity contribution >= 4 is 11.4 Å². The van der Waals surface area contributed by atoms with Crippen LogP contribution in [0.5, 0.6) is 0 Å². The van der Waals surface area contributed by atoms with E-state index in [1.165, 1.54) is 6.07 Å². The average Bonchev–Trinajstić information content (AvgIpc) is 3.23. The SMILES string of the molecule is N#CCCN(c1ccc(CO)cc1[N+](=O)[O-])C1CC1. The maximum Gasteiger partial charge on any atom is 0.292 e. The van der Waals surface area contributed by atoms with Crippen molar-refractivity contribution in [2.75, 3.05) is 11.4 Å². The van der Waals surface area contributed by atoms with Gasteiger partial charge in [0.25, 0.3) is 5.69 Å². The molecule has 0 saturated heterocycles. The van der Waals surface area contributed by atoms with E-state index in [1.54, 1.807) is 12.1 Å². The van der Waals surface area contributed by atoms with Crippen molar-refractivity contribution in [2.45, 2.75) is 31.9 Å². The Morgan fingerprint density at radius 3 is 2.79 bits per heavy atom. The molecule has 0 aromatic heterocycles. The van der Waals surface area contributed by atoms with Gasteiger partial charge in [-0.1, -0.05) is 6.07 Å². The van der Waals surface area contributed by atoms with Gasteiger partial charge in [0, 0.05) is 18.7 Å². The minimum absolute atomic E-state index is 0.00334. The van der Waals surface area contributed by atoms with E-state index in [4.69, 9.17) is 10.4 Å². The predicted molar refractivity (Wildman–Crippen MR) is 69.6 cm³/mol. The van der Waals surface area contributed by atoms with Gasteiger partial charge in [-0.2, -0.15) is 5.26 Å². The first-order valence-corrected chi connectivity index (χ1v) is 6.19. The Morgan fingerprint density at radius 1 is 1.53 bits per heavy atom. The molecule has 0 amide bonds. The van der Waals surface area contributed by atoms with Crippen LogP contribution in [0.3, 0.4) is 0 Å². The van der Waals surface area contributed by atoms with E-state index in [1.807, 2.05) is 4.90 Å². The molecule has 100 valence electrons. The van der Waals surface area contributed by atoms with Crippen LogP contribution in [0.4, 0.5) is 11.4 Å². The number of nitrogens with zero attached hydrogens (tertiary/aromatic N) is 3. The zero-order chi connectivity index (χ0) is 13.8.